The van der Waals surface area contributed by atoms with Crippen LogP contribution < -0.4 is 0 Å². The molecule has 1 fully saturated rings. The number of hydrogen-bond donors (Lipinski definition) is 2. The molecule has 0 aromatic heterocycles. The van der Waals surface area contributed by atoms with Crippen molar-refractivity contribution in [3.63, 3.8) is 0 Å². The Morgan fingerprint density at radius 3 is 1.93 bits per heavy atom. The smallest absolute Gasteiger partial charge is 0.184 e. The second-order valence-corrected chi connectivity index (χ2v) is 3.35. The Balaban J connectivity index is 2.80. The third-order valence-corrected chi connectivity index (χ3v) is 2.61. The average Bonchev–Trinajstić information content (AvgIpc) is 2.27. The Labute approximate surface area is 88.7 Å². The summed E-state index contributed by atoms with van der Waals surface area (Å²) in [5.74, 6) is 0. The molecule has 1 heterocycles. The number of rotatable bonds is 4. The van der Waals surface area contributed by atoms with Crippen molar-refractivity contribution in [1.82, 2.24) is 0 Å². The van der Waals surface area contributed by atoms with Crippen LogP contribution in [-0.2, 0) is 18.9 Å². The van der Waals surface area contributed by atoms with Crippen LogP contribution in [-0.4, -0.2) is 68.9 Å². The lowest BCUT2D eigenvalue weighted by molar-refractivity contribution is -0.299. The molecule has 6 nitrogen and oxygen atoms in total. The first-order chi connectivity index (χ1) is 7.19. The van der Waals surface area contributed by atoms with Crippen molar-refractivity contribution < 1.29 is 29.2 Å². The molecule has 2 N–H and O–H groups in total. The minimum Gasteiger partial charge on any atom is -0.394 e. The standard InChI is InChI=1S/C9H18O6/c1-12-6-5(4-10)15-9(11)8(14-3)7(6)13-2/h5-11H,4H2,1-3H3/t5-,6-,7-,8-,9?/m0/s1. The molecular weight excluding hydrogens is 204 g/mol. The maximum atomic E-state index is 9.59. The quantitative estimate of drug-likeness (QED) is 0.618. The summed E-state index contributed by atoms with van der Waals surface area (Å²) < 4.78 is 20.6. The molecule has 0 aliphatic carbocycles. The van der Waals surface area contributed by atoms with Crippen LogP contribution in [0.5, 0.6) is 0 Å². The lowest BCUT2D eigenvalue weighted by Crippen LogP contribution is -2.60. The second-order valence-electron chi connectivity index (χ2n) is 3.35. The van der Waals surface area contributed by atoms with E-state index in [0.29, 0.717) is 0 Å². The zero-order chi connectivity index (χ0) is 11.4. The van der Waals surface area contributed by atoms with Gasteiger partial charge in [0.05, 0.1) is 6.61 Å². The van der Waals surface area contributed by atoms with Gasteiger partial charge in [0.1, 0.15) is 24.4 Å². The number of hydrogen-bond acceptors (Lipinski definition) is 6. The van der Waals surface area contributed by atoms with Gasteiger partial charge in [0.25, 0.3) is 0 Å². The van der Waals surface area contributed by atoms with Crippen LogP contribution in [0.1, 0.15) is 0 Å². The van der Waals surface area contributed by atoms with Crippen molar-refractivity contribution in [2.45, 2.75) is 30.7 Å². The average molecular weight is 222 g/mol. The molecule has 0 spiro atoms. The van der Waals surface area contributed by atoms with Gasteiger partial charge in [0.2, 0.25) is 0 Å². The van der Waals surface area contributed by atoms with Crippen LogP contribution >= 0.6 is 0 Å². The van der Waals surface area contributed by atoms with Gasteiger partial charge in [-0.3, -0.25) is 0 Å². The van der Waals surface area contributed by atoms with E-state index in [0.717, 1.165) is 0 Å². The Kier molecular flexibility index (Phi) is 4.91. The molecular formula is C9H18O6. The normalized spacial score (nSPS) is 41.8. The van der Waals surface area contributed by atoms with Crippen LogP contribution in [0.3, 0.4) is 0 Å². The second kappa shape index (κ2) is 5.74. The molecule has 90 valence electrons. The fourth-order valence-corrected chi connectivity index (χ4v) is 1.85. The topological polar surface area (TPSA) is 77.4 Å². The van der Waals surface area contributed by atoms with E-state index in [2.05, 4.69) is 0 Å². The fraction of sp³-hybridized carbons (Fsp3) is 1.00. The summed E-state index contributed by atoms with van der Waals surface area (Å²) >= 11 is 0. The first-order valence-electron chi connectivity index (χ1n) is 4.72. The molecule has 0 aromatic rings. The first kappa shape index (κ1) is 12.8. The van der Waals surface area contributed by atoms with Crippen molar-refractivity contribution in [1.29, 1.82) is 0 Å². The highest BCUT2D eigenvalue weighted by Crippen LogP contribution is 2.25. The molecule has 1 aliphatic heterocycles. The molecule has 0 aromatic carbocycles. The summed E-state index contributed by atoms with van der Waals surface area (Å²) in [6.45, 7) is -0.244. The molecule has 0 bridgehead atoms. The van der Waals surface area contributed by atoms with E-state index in [4.69, 9.17) is 24.1 Å². The molecule has 1 aliphatic rings. The van der Waals surface area contributed by atoms with Gasteiger partial charge in [-0.1, -0.05) is 0 Å². The molecule has 6 heteroatoms. The number of aliphatic hydroxyl groups is 2. The van der Waals surface area contributed by atoms with Crippen LogP contribution in [0.15, 0.2) is 0 Å². The van der Waals surface area contributed by atoms with Crippen molar-refractivity contribution in [2.75, 3.05) is 27.9 Å². The molecule has 1 rings (SSSR count). The highest BCUT2D eigenvalue weighted by Gasteiger charge is 2.46. The van der Waals surface area contributed by atoms with Gasteiger partial charge in [-0.15, -0.1) is 0 Å². The van der Waals surface area contributed by atoms with Gasteiger partial charge in [-0.2, -0.15) is 0 Å². The molecule has 1 saturated heterocycles. The third-order valence-electron chi connectivity index (χ3n) is 2.61. The van der Waals surface area contributed by atoms with Crippen LogP contribution in [0.2, 0.25) is 0 Å². The van der Waals surface area contributed by atoms with E-state index >= 15 is 0 Å². The Bertz CT molecular complexity index is 187. The van der Waals surface area contributed by atoms with Gasteiger partial charge in [0.15, 0.2) is 6.29 Å². The highest BCUT2D eigenvalue weighted by atomic mass is 16.7. The predicted octanol–water partition coefficient (Wildman–Crippen LogP) is -1.26. The molecule has 0 radical (unpaired) electrons. The van der Waals surface area contributed by atoms with Crippen molar-refractivity contribution in [2.24, 2.45) is 0 Å². The zero-order valence-corrected chi connectivity index (χ0v) is 9.12. The summed E-state index contributed by atoms with van der Waals surface area (Å²) in [6.07, 6.45) is -3.29. The zero-order valence-electron chi connectivity index (χ0n) is 9.12. The van der Waals surface area contributed by atoms with Gasteiger partial charge in [-0.05, 0) is 0 Å². The van der Waals surface area contributed by atoms with E-state index in [1.54, 1.807) is 0 Å². The minimum absolute atomic E-state index is 0.244. The summed E-state index contributed by atoms with van der Waals surface area (Å²) in [6, 6.07) is 0. The number of aliphatic hydroxyl groups excluding tert-OH is 2. The summed E-state index contributed by atoms with van der Waals surface area (Å²) in [5, 5.41) is 18.7. The minimum atomic E-state index is -1.12. The van der Waals surface area contributed by atoms with E-state index in [1.807, 2.05) is 0 Å². The molecule has 0 amide bonds. The van der Waals surface area contributed by atoms with Crippen LogP contribution in [0, 0.1) is 0 Å². The maximum absolute atomic E-state index is 9.59. The lowest BCUT2D eigenvalue weighted by Gasteiger charge is -2.42. The highest BCUT2D eigenvalue weighted by molar-refractivity contribution is 4.91. The SMILES string of the molecule is CO[C@@H]1[C@H](OC)[C@H](OC)C(O)O[C@H]1CO. The fourth-order valence-electron chi connectivity index (χ4n) is 1.85. The Morgan fingerprint density at radius 2 is 1.53 bits per heavy atom. The lowest BCUT2D eigenvalue weighted by atomic mass is 9.99. The van der Waals surface area contributed by atoms with Crippen molar-refractivity contribution >= 4 is 0 Å². The van der Waals surface area contributed by atoms with E-state index in [-0.39, 0.29) is 6.61 Å². The van der Waals surface area contributed by atoms with E-state index < -0.39 is 30.7 Å². The number of ether oxygens (including phenoxy) is 4. The Hall–Kier alpha value is -0.240. The first-order valence-corrected chi connectivity index (χ1v) is 4.72. The van der Waals surface area contributed by atoms with Gasteiger partial charge in [-0.25, -0.2) is 0 Å². The predicted molar refractivity (Wildman–Crippen MR) is 50.4 cm³/mol. The van der Waals surface area contributed by atoms with Gasteiger partial charge < -0.3 is 29.2 Å². The molecule has 1 unspecified atom stereocenters. The summed E-state index contributed by atoms with van der Waals surface area (Å²) in [5.41, 5.74) is 0. The molecule has 15 heavy (non-hydrogen) atoms. The maximum Gasteiger partial charge on any atom is 0.184 e. The molecule has 5 atom stereocenters. The Morgan fingerprint density at radius 1 is 1.00 bits per heavy atom. The summed E-state index contributed by atoms with van der Waals surface area (Å²) in [4.78, 5) is 0. The van der Waals surface area contributed by atoms with Crippen molar-refractivity contribution in [3.8, 4) is 0 Å². The van der Waals surface area contributed by atoms with Gasteiger partial charge >= 0.3 is 0 Å². The summed E-state index contributed by atoms with van der Waals surface area (Å²) in [7, 11) is 4.44. The third kappa shape index (κ3) is 2.47. The monoisotopic (exact) mass is 222 g/mol. The van der Waals surface area contributed by atoms with Gasteiger partial charge in [0, 0.05) is 21.3 Å². The largest absolute Gasteiger partial charge is 0.394 e. The van der Waals surface area contributed by atoms with E-state index in [9.17, 15) is 5.11 Å². The number of methoxy groups -OCH3 is 3. The van der Waals surface area contributed by atoms with Crippen LogP contribution in [0.25, 0.3) is 0 Å². The molecule has 0 saturated carbocycles. The van der Waals surface area contributed by atoms with Crippen molar-refractivity contribution in [3.05, 3.63) is 0 Å². The van der Waals surface area contributed by atoms with Crippen LogP contribution in [0.4, 0.5) is 0 Å². The van der Waals surface area contributed by atoms with E-state index in [1.165, 1.54) is 21.3 Å².